The van der Waals surface area contributed by atoms with Crippen LogP contribution in [0, 0.1) is 17.8 Å². The molecule has 0 radical (unpaired) electrons. The first-order valence-corrected chi connectivity index (χ1v) is 12.5. The van der Waals surface area contributed by atoms with Gasteiger partial charge >= 0.3 is 0 Å². The van der Waals surface area contributed by atoms with E-state index < -0.39 is 0 Å². The number of fused-ring (bicyclic) bond motifs is 1. The molecule has 0 aliphatic carbocycles. The Morgan fingerprint density at radius 2 is 1.97 bits per heavy atom. The van der Waals surface area contributed by atoms with Gasteiger partial charge in [-0.25, -0.2) is 0 Å². The Balaban J connectivity index is 2.11. The van der Waals surface area contributed by atoms with Crippen LogP contribution in [0.1, 0.15) is 84.7 Å². The van der Waals surface area contributed by atoms with Crippen LogP contribution in [0.25, 0.3) is 0 Å². The summed E-state index contributed by atoms with van der Waals surface area (Å²) in [6.45, 7) is 18.0. The highest BCUT2D eigenvalue weighted by Gasteiger charge is 2.27. The van der Waals surface area contributed by atoms with Gasteiger partial charge < -0.3 is 15.5 Å². The summed E-state index contributed by atoms with van der Waals surface area (Å²) >= 11 is 0. The second kappa shape index (κ2) is 12.3. The monoisotopic (exact) mass is 425 g/mol. The lowest BCUT2D eigenvalue weighted by atomic mass is 9.86. The fourth-order valence-electron chi connectivity index (χ4n) is 4.80. The molecule has 1 aliphatic heterocycles. The van der Waals surface area contributed by atoms with Crippen molar-refractivity contribution in [3.05, 3.63) is 48.2 Å². The maximum Gasteiger partial charge on any atom is 0.0696 e. The molecule has 2 rings (SSSR count). The van der Waals surface area contributed by atoms with E-state index in [2.05, 4.69) is 88.4 Å². The molecule has 31 heavy (non-hydrogen) atoms. The van der Waals surface area contributed by atoms with E-state index in [1.807, 2.05) is 0 Å². The summed E-state index contributed by atoms with van der Waals surface area (Å²) < 4.78 is 0. The standard InChI is InChI=1S/C28H47N3/c1-8-10-12-23(6)31-20-18-26(29)25-13-11-14-27(28(25)31)30(7)19-17-22(5)15-16-24(9-2)21(3)4/h10-14,21-22,24,26H,6,8-9,15-20,29H2,1-5,7H3/b12-10+. The average Bonchev–Trinajstić information content (AvgIpc) is 2.76. The highest BCUT2D eigenvalue weighted by Crippen LogP contribution is 2.41. The van der Waals surface area contributed by atoms with E-state index in [-0.39, 0.29) is 6.04 Å². The van der Waals surface area contributed by atoms with Crippen LogP contribution in [0.5, 0.6) is 0 Å². The Morgan fingerprint density at radius 3 is 2.61 bits per heavy atom. The van der Waals surface area contributed by atoms with Crippen LogP contribution in [-0.4, -0.2) is 20.1 Å². The maximum absolute atomic E-state index is 6.51. The number of rotatable bonds is 12. The largest absolute Gasteiger partial charge is 0.373 e. The van der Waals surface area contributed by atoms with Gasteiger partial charge in [0.1, 0.15) is 0 Å². The van der Waals surface area contributed by atoms with Gasteiger partial charge in [-0.05, 0) is 61.1 Å². The number of allylic oxidation sites excluding steroid dienone is 2. The summed E-state index contributed by atoms with van der Waals surface area (Å²) in [5.41, 5.74) is 11.4. The van der Waals surface area contributed by atoms with E-state index in [1.54, 1.807) is 0 Å². The van der Waals surface area contributed by atoms with E-state index >= 15 is 0 Å². The lowest BCUT2D eigenvalue weighted by Gasteiger charge is -2.38. The van der Waals surface area contributed by atoms with Crippen molar-refractivity contribution >= 4 is 11.4 Å². The van der Waals surface area contributed by atoms with Crippen molar-refractivity contribution in [3.63, 3.8) is 0 Å². The average molecular weight is 426 g/mol. The van der Waals surface area contributed by atoms with Crippen LogP contribution in [-0.2, 0) is 0 Å². The Hall–Kier alpha value is -1.74. The Morgan fingerprint density at radius 1 is 1.23 bits per heavy atom. The first-order valence-electron chi connectivity index (χ1n) is 12.5. The van der Waals surface area contributed by atoms with Crippen LogP contribution >= 0.6 is 0 Å². The molecule has 2 N–H and O–H groups in total. The minimum atomic E-state index is 0.100. The maximum atomic E-state index is 6.51. The first kappa shape index (κ1) is 25.5. The van der Waals surface area contributed by atoms with Crippen molar-refractivity contribution in [2.75, 3.05) is 29.9 Å². The Labute approximate surface area is 192 Å². The quantitative estimate of drug-likeness (QED) is 0.357. The second-order valence-corrected chi connectivity index (χ2v) is 9.87. The third kappa shape index (κ3) is 6.87. The van der Waals surface area contributed by atoms with Gasteiger partial charge in [0.25, 0.3) is 0 Å². The third-order valence-electron chi connectivity index (χ3n) is 7.14. The molecule has 0 aromatic heterocycles. The van der Waals surface area contributed by atoms with Crippen LogP contribution in [0.2, 0.25) is 0 Å². The smallest absolute Gasteiger partial charge is 0.0696 e. The molecule has 1 aliphatic rings. The van der Waals surface area contributed by atoms with Crippen molar-refractivity contribution in [1.82, 2.24) is 0 Å². The van der Waals surface area contributed by atoms with Gasteiger partial charge in [-0.2, -0.15) is 0 Å². The number of benzene rings is 1. The molecule has 1 aromatic rings. The van der Waals surface area contributed by atoms with Gasteiger partial charge in [-0.15, -0.1) is 0 Å². The minimum absolute atomic E-state index is 0.100. The topological polar surface area (TPSA) is 32.5 Å². The molecule has 174 valence electrons. The van der Waals surface area contributed by atoms with Gasteiger partial charge in [0.05, 0.1) is 11.4 Å². The minimum Gasteiger partial charge on any atom is -0.373 e. The molecule has 3 unspecified atom stereocenters. The third-order valence-corrected chi connectivity index (χ3v) is 7.14. The van der Waals surface area contributed by atoms with Crippen molar-refractivity contribution in [2.45, 2.75) is 79.2 Å². The number of hydrogen-bond donors (Lipinski definition) is 1. The number of hydrogen-bond acceptors (Lipinski definition) is 3. The summed E-state index contributed by atoms with van der Waals surface area (Å²) in [5.74, 6) is 2.40. The summed E-state index contributed by atoms with van der Waals surface area (Å²) in [6.07, 6.45) is 11.5. The SMILES string of the molecule is C=C(/C=C/CC)N1CCC(N)c2cccc(N(C)CCC(C)CCC(CC)C(C)C)c21. The Bertz CT molecular complexity index is 721. The van der Waals surface area contributed by atoms with Crippen molar-refractivity contribution in [1.29, 1.82) is 0 Å². The van der Waals surface area contributed by atoms with Crippen LogP contribution < -0.4 is 15.5 Å². The molecule has 0 bridgehead atoms. The van der Waals surface area contributed by atoms with Crippen molar-refractivity contribution in [3.8, 4) is 0 Å². The number of nitrogens with zero attached hydrogens (tertiary/aromatic N) is 2. The summed E-state index contributed by atoms with van der Waals surface area (Å²) in [4.78, 5) is 4.80. The number of para-hydroxylation sites is 1. The van der Waals surface area contributed by atoms with Crippen molar-refractivity contribution < 1.29 is 0 Å². The molecular weight excluding hydrogens is 378 g/mol. The molecule has 3 atom stereocenters. The van der Waals surface area contributed by atoms with Gasteiger partial charge in [0.2, 0.25) is 0 Å². The van der Waals surface area contributed by atoms with Gasteiger partial charge in [0.15, 0.2) is 0 Å². The molecule has 3 nitrogen and oxygen atoms in total. The fraction of sp³-hybridized carbons (Fsp3) is 0.643. The predicted molar refractivity (Wildman–Crippen MR) is 139 cm³/mol. The zero-order valence-electron chi connectivity index (χ0n) is 21.0. The zero-order valence-corrected chi connectivity index (χ0v) is 21.0. The van der Waals surface area contributed by atoms with Crippen LogP contribution in [0.3, 0.4) is 0 Å². The summed E-state index contributed by atoms with van der Waals surface area (Å²) in [5, 5.41) is 0. The molecule has 0 saturated carbocycles. The van der Waals surface area contributed by atoms with Gasteiger partial charge in [-0.3, -0.25) is 0 Å². The first-order chi connectivity index (χ1) is 14.8. The van der Waals surface area contributed by atoms with E-state index in [0.29, 0.717) is 0 Å². The van der Waals surface area contributed by atoms with Crippen LogP contribution in [0.4, 0.5) is 11.4 Å². The molecule has 3 heteroatoms. The molecule has 0 amide bonds. The number of anilines is 2. The van der Waals surface area contributed by atoms with E-state index in [4.69, 9.17) is 5.73 Å². The molecular formula is C28H47N3. The highest BCUT2D eigenvalue weighted by atomic mass is 15.2. The Kier molecular flexibility index (Phi) is 10.2. The lowest BCUT2D eigenvalue weighted by molar-refractivity contribution is 0.313. The van der Waals surface area contributed by atoms with Gasteiger partial charge in [-0.1, -0.05) is 72.2 Å². The van der Waals surface area contributed by atoms with E-state index in [9.17, 15) is 0 Å². The molecule has 0 fully saturated rings. The van der Waals surface area contributed by atoms with Crippen molar-refractivity contribution in [2.24, 2.45) is 23.5 Å². The summed E-state index contributed by atoms with van der Waals surface area (Å²) in [6, 6.07) is 6.71. The molecule has 0 spiro atoms. The highest BCUT2D eigenvalue weighted by molar-refractivity contribution is 5.78. The molecule has 0 saturated heterocycles. The fourth-order valence-corrected chi connectivity index (χ4v) is 4.80. The van der Waals surface area contributed by atoms with E-state index in [0.717, 1.165) is 49.4 Å². The molecule has 1 heterocycles. The number of nitrogens with two attached hydrogens (primary N) is 1. The lowest BCUT2D eigenvalue weighted by Crippen LogP contribution is -2.34. The predicted octanol–water partition coefficient (Wildman–Crippen LogP) is 7.30. The van der Waals surface area contributed by atoms with Crippen LogP contribution in [0.15, 0.2) is 42.6 Å². The van der Waals surface area contributed by atoms with Gasteiger partial charge in [0, 0.05) is 31.9 Å². The molecule has 1 aromatic carbocycles. The zero-order chi connectivity index (χ0) is 23.0. The second-order valence-electron chi connectivity index (χ2n) is 9.87. The normalized spacial score (nSPS) is 18.3. The van der Waals surface area contributed by atoms with E-state index in [1.165, 1.54) is 42.6 Å². The summed E-state index contributed by atoms with van der Waals surface area (Å²) in [7, 11) is 2.23.